The summed E-state index contributed by atoms with van der Waals surface area (Å²) < 4.78 is 11.2. The first kappa shape index (κ1) is 18.0. The summed E-state index contributed by atoms with van der Waals surface area (Å²) in [5.74, 6) is 1.26. The number of amides is 1. The molecule has 0 saturated carbocycles. The minimum atomic E-state index is -0.508. The number of nitrogens with zero attached hydrogens (tertiary/aromatic N) is 1. The number of hydrogen-bond donors (Lipinski definition) is 2. The molecule has 2 heterocycles. The molecule has 0 atom stereocenters. The van der Waals surface area contributed by atoms with Gasteiger partial charge in [0.25, 0.3) is 11.5 Å². The first-order valence-electron chi connectivity index (χ1n) is 8.58. The van der Waals surface area contributed by atoms with Crippen LogP contribution in [0, 0.1) is 6.92 Å². The number of nitrogens with one attached hydrogen (secondary N) is 2. The molecule has 0 spiro atoms. The molecule has 1 aliphatic heterocycles. The van der Waals surface area contributed by atoms with Crippen LogP contribution in [0.4, 0.5) is 5.69 Å². The van der Waals surface area contributed by atoms with Gasteiger partial charge in [-0.3, -0.25) is 9.59 Å². The fraction of sp³-hybridized carbons (Fsp3) is 0.421. The van der Waals surface area contributed by atoms with Crippen LogP contribution >= 0.6 is 0 Å². The van der Waals surface area contributed by atoms with Gasteiger partial charge >= 0.3 is 0 Å². The van der Waals surface area contributed by atoms with Gasteiger partial charge in [0.1, 0.15) is 11.4 Å². The summed E-state index contributed by atoms with van der Waals surface area (Å²) in [4.78, 5) is 32.1. The van der Waals surface area contributed by atoms with Crippen molar-refractivity contribution in [1.29, 1.82) is 0 Å². The van der Waals surface area contributed by atoms with E-state index in [4.69, 9.17) is 9.47 Å². The SMILES string of the molecule is Cc1nc(C(C)(C)C)[nH]c(=O)c1C(=O)Nc1ccc2c(c1)OCCCO2. The fourth-order valence-corrected chi connectivity index (χ4v) is 2.64. The third-order valence-electron chi connectivity index (χ3n) is 4.04. The van der Waals surface area contributed by atoms with E-state index in [1.54, 1.807) is 25.1 Å². The number of aromatic amines is 1. The van der Waals surface area contributed by atoms with Crippen LogP contribution in [0.1, 0.15) is 49.1 Å². The zero-order valence-corrected chi connectivity index (χ0v) is 15.4. The van der Waals surface area contributed by atoms with E-state index in [1.165, 1.54) is 0 Å². The quantitative estimate of drug-likeness (QED) is 0.862. The number of benzene rings is 1. The van der Waals surface area contributed by atoms with E-state index in [1.807, 2.05) is 20.8 Å². The van der Waals surface area contributed by atoms with Gasteiger partial charge in [0.15, 0.2) is 11.5 Å². The number of aromatic nitrogens is 2. The maximum atomic E-state index is 12.6. The molecule has 138 valence electrons. The molecule has 2 aromatic rings. The topological polar surface area (TPSA) is 93.3 Å². The van der Waals surface area contributed by atoms with Crippen LogP contribution in [0.5, 0.6) is 11.5 Å². The van der Waals surface area contributed by atoms with Crippen LogP contribution < -0.4 is 20.3 Å². The Balaban J connectivity index is 1.87. The average Bonchev–Trinajstić information content (AvgIpc) is 2.78. The molecule has 0 fully saturated rings. The molecular formula is C19H23N3O4. The maximum Gasteiger partial charge on any atom is 0.264 e. The fourth-order valence-electron chi connectivity index (χ4n) is 2.64. The largest absolute Gasteiger partial charge is 0.490 e. The molecule has 1 aromatic carbocycles. The lowest BCUT2D eigenvalue weighted by Crippen LogP contribution is -2.30. The number of hydrogen-bond acceptors (Lipinski definition) is 5. The van der Waals surface area contributed by atoms with Gasteiger partial charge in [0.05, 0.1) is 18.9 Å². The van der Waals surface area contributed by atoms with Crippen molar-refractivity contribution in [1.82, 2.24) is 9.97 Å². The lowest BCUT2D eigenvalue weighted by atomic mass is 9.95. The molecule has 3 rings (SSSR count). The predicted molar refractivity (Wildman–Crippen MR) is 98.3 cm³/mol. The lowest BCUT2D eigenvalue weighted by molar-refractivity contribution is 0.102. The van der Waals surface area contributed by atoms with Gasteiger partial charge in [0, 0.05) is 23.6 Å². The minimum absolute atomic E-state index is 0.00473. The van der Waals surface area contributed by atoms with Gasteiger partial charge in [-0.25, -0.2) is 4.98 Å². The van der Waals surface area contributed by atoms with Crippen LogP contribution in [-0.4, -0.2) is 29.1 Å². The summed E-state index contributed by atoms with van der Waals surface area (Å²) in [6, 6.07) is 5.15. The molecule has 26 heavy (non-hydrogen) atoms. The number of carbonyl (C=O) groups excluding carboxylic acids is 1. The second kappa shape index (κ2) is 6.82. The Kier molecular flexibility index (Phi) is 4.71. The monoisotopic (exact) mass is 357 g/mol. The molecule has 0 saturated heterocycles. The molecular weight excluding hydrogens is 334 g/mol. The second-order valence-electron chi connectivity index (χ2n) is 7.29. The van der Waals surface area contributed by atoms with Gasteiger partial charge in [-0.1, -0.05) is 20.8 Å². The van der Waals surface area contributed by atoms with Crippen LogP contribution in [0.2, 0.25) is 0 Å². The summed E-state index contributed by atoms with van der Waals surface area (Å²) in [5.41, 5.74) is 0.163. The molecule has 0 aliphatic carbocycles. The molecule has 0 bridgehead atoms. The summed E-state index contributed by atoms with van der Waals surface area (Å²) in [6.45, 7) is 8.65. The highest BCUT2D eigenvalue weighted by atomic mass is 16.5. The van der Waals surface area contributed by atoms with Crippen molar-refractivity contribution in [3.63, 3.8) is 0 Å². The Labute approximate surface area is 151 Å². The highest BCUT2D eigenvalue weighted by Gasteiger charge is 2.22. The number of aryl methyl sites for hydroxylation is 1. The highest BCUT2D eigenvalue weighted by molar-refractivity contribution is 6.04. The first-order chi connectivity index (χ1) is 12.3. The third kappa shape index (κ3) is 3.71. The molecule has 0 radical (unpaired) electrons. The smallest absolute Gasteiger partial charge is 0.264 e. The van der Waals surface area contributed by atoms with E-state index in [2.05, 4.69) is 15.3 Å². The molecule has 7 nitrogen and oxygen atoms in total. The number of H-pyrrole nitrogens is 1. The Morgan fingerprint density at radius 2 is 1.88 bits per heavy atom. The summed E-state index contributed by atoms with van der Waals surface area (Å²) in [6.07, 6.45) is 0.802. The van der Waals surface area contributed by atoms with Gasteiger partial charge in [0.2, 0.25) is 0 Å². The third-order valence-corrected chi connectivity index (χ3v) is 4.04. The molecule has 7 heteroatoms. The van der Waals surface area contributed by atoms with E-state index in [0.29, 0.717) is 41.9 Å². The van der Waals surface area contributed by atoms with Gasteiger partial charge in [-0.15, -0.1) is 0 Å². The van der Waals surface area contributed by atoms with Crippen LogP contribution in [0.25, 0.3) is 0 Å². The van der Waals surface area contributed by atoms with E-state index < -0.39 is 11.5 Å². The van der Waals surface area contributed by atoms with Crippen molar-refractivity contribution in [2.24, 2.45) is 0 Å². The summed E-state index contributed by atoms with van der Waals surface area (Å²) in [7, 11) is 0. The van der Waals surface area contributed by atoms with E-state index in [0.717, 1.165) is 6.42 Å². The van der Waals surface area contributed by atoms with Crippen molar-refractivity contribution in [2.45, 2.75) is 39.5 Å². The van der Waals surface area contributed by atoms with Crippen LogP contribution in [-0.2, 0) is 5.41 Å². The summed E-state index contributed by atoms with van der Waals surface area (Å²) >= 11 is 0. The van der Waals surface area contributed by atoms with Gasteiger partial charge < -0.3 is 19.8 Å². The molecule has 0 unspecified atom stereocenters. The Morgan fingerprint density at radius 1 is 1.19 bits per heavy atom. The minimum Gasteiger partial charge on any atom is -0.490 e. The normalized spacial score (nSPS) is 13.8. The Morgan fingerprint density at radius 3 is 2.54 bits per heavy atom. The van der Waals surface area contributed by atoms with Crippen LogP contribution in [0.3, 0.4) is 0 Å². The number of fused-ring (bicyclic) bond motifs is 1. The Bertz CT molecular complexity index is 897. The van der Waals surface area contributed by atoms with Crippen molar-refractivity contribution in [3.05, 3.63) is 45.6 Å². The number of ether oxygens (including phenoxy) is 2. The first-order valence-corrected chi connectivity index (χ1v) is 8.58. The average molecular weight is 357 g/mol. The van der Waals surface area contributed by atoms with Crippen LogP contribution in [0.15, 0.2) is 23.0 Å². The zero-order chi connectivity index (χ0) is 18.9. The summed E-state index contributed by atoms with van der Waals surface area (Å²) in [5, 5.41) is 2.73. The molecule has 1 amide bonds. The Hall–Kier alpha value is -2.83. The zero-order valence-electron chi connectivity index (χ0n) is 15.4. The van der Waals surface area contributed by atoms with Crippen molar-refractivity contribution < 1.29 is 14.3 Å². The highest BCUT2D eigenvalue weighted by Crippen LogP contribution is 2.32. The number of rotatable bonds is 2. The molecule has 2 N–H and O–H groups in total. The molecule has 1 aromatic heterocycles. The molecule has 1 aliphatic rings. The number of anilines is 1. The lowest BCUT2D eigenvalue weighted by Gasteiger charge is -2.18. The standard InChI is InChI=1S/C19H23N3O4/c1-11-15(17(24)22-18(20-11)19(2,3)4)16(23)21-12-6-7-13-14(10-12)26-9-5-8-25-13/h6-7,10H,5,8-9H2,1-4H3,(H,21,23)(H,20,22,24). The maximum absolute atomic E-state index is 12.6. The van der Waals surface area contributed by atoms with E-state index >= 15 is 0 Å². The predicted octanol–water partition coefficient (Wildman–Crippen LogP) is 2.79. The van der Waals surface area contributed by atoms with Crippen molar-refractivity contribution in [2.75, 3.05) is 18.5 Å². The van der Waals surface area contributed by atoms with Crippen molar-refractivity contribution >= 4 is 11.6 Å². The second-order valence-corrected chi connectivity index (χ2v) is 7.29. The van der Waals surface area contributed by atoms with Gasteiger partial charge in [-0.2, -0.15) is 0 Å². The van der Waals surface area contributed by atoms with E-state index in [-0.39, 0.29) is 11.0 Å². The van der Waals surface area contributed by atoms with Gasteiger partial charge in [-0.05, 0) is 19.1 Å². The van der Waals surface area contributed by atoms with Crippen molar-refractivity contribution in [3.8, 4) is 11.5 Å². The van der Waals surface area contributed by atoms with E-state index in [9.17, 15) is 9.59 Å². The number of carbonyl (C=O) groups is 1.